The van der Waals surface area contributed by atoms with E-state index in [4.69, 9.17) is 0 Å². The molecule has 1 saturated heterocycles. The van der Waals surface area contributed by atoms with Crippen LogP contribution in [0, 0.1) is 13.8 Å². The molecule has 118 valence electrons. The first kappa shape index (κ1) is 14.7. The van der Waals surface area contributed by atoms with Crippen LogP contribution < -0.4 is 4.57 Å². The highest BCUT2D eigenvalue weighted by atomic mass is 16.3. The van der Waals surface area contributed by atoms with E-state index in [1.54, 1.807) is 14.0 Å². The van der Waals surface area contributed by atoms with Crippen molar-refractivity contribution in [1.82, 2.24) is 14.4 Å². The molecule has 3 amide bonds. The van der Waals surface area contributed by atoms with Gasteiger partial charge in [-0.25, -0.2) is 13.9 Å². The van der Waals surface area contributed by atoms with Gasteiger partial charge in [-0.2, -0.15) is 0 Å². The number of amides is 3. The third-order valence-electron chi connectivity index (χ3n) is 4.47. The number of urea groups is 1. The zero-order valence-electron chi connectivity index (χ0n) is 13.2. The summed E-state index contributed by atoms with van der Waals surface area (Å²) >= 11 is 0. The molecule has 1 aromatic rings. The van der Waals surface area contributed by atoms with Crippen molar-refractivity contribution in [3.8, 4) is 0 Å². The van der Waals surface area contributed by atoms with Gasteiger partial charge in [-0.05, 0) is 20.8 Å². The summed E-state index contributed by atoms with van der Waals surface area (Å²) in [5, 5.41) is 9.25. The van der Waals surface area contributed by atoms with Crippen molar-refractivity contribution in [1.29, 1.82) is 0 Å². The number of imide groups is 1. The molecule has 22 heavy (non-hydrogen) atoms. The minimum atomic E-state index is -0.601. The van der Waals surface area contributed by atoms with Crippen LogP contribution in [0.15, 0.2) is 4.99 Å². The van der Waals surface area contributed by atoms with Gasteiger partial charge in [0.15, 0.2) is 0 Å². The Kier molecular flexibility index (Phi) is 3.28. The standard InChI is InChI=1S/C14H20N5O3/c1-5-17-12(21)10-11(16(4)14(17)22)15-13-18(6-7-20)8(2)9(3)19(10)13/h10,20H,5-7H2,1-4H3/q+1. The van der Waals surface area contributed by atoms with Crippen LogP contribution in [-0.4, -0.2) is 57.4 Å². The second-order valence-electron chi connectivity index (χ2n) is 5.51. The lowest BCUT2D eigenvalue weighted by Crippen LogP contribution is -2.57. The molecule has 0 aliphatic carbocycles. The lowest BCUT2D eigenvalue weighted by molar-refractivity contribution is -0.690. The van der Waals surface area contributed by atoms with E-state index >= 15 is 0 Å². The molecular formula is C14H20N5O3+. The van der Waals surface area contributed by atoms with Gasteiger partial charge >= 0.3 is 12.0 Å². The summed E-state index contributed by atoms with van der Waals surface area (Å²) < 4.78 is 3.73. The Balaban J connectivity index is 2.19. The van der Waals surface area contributed by atoms with Crippen LogP contribution >= 0.6 is 0 Å². The minimum absolute atomic E-state index is 0.0126. The lowest BCUT2D eigenvalue weighted by atomic mass is 10.1. The number of carbonyl (C=O) groups excluding carboxylic acids is 2. The van der Waals surface area contributed by atoms with Gasteiger partial charge in [-0.15, -0.1) is 0 Å². The third-order valence-corrected chi connectivity index (χ3v) is 4.47. The van der Waals surface area contributed by atoms with Crippen LogP contribution in [0.4, 0.5) is 10.7 Å². The normalized spacial score (nSPS) is 20.4. The molecule has 8 heteroatoms. The molecule has 3 rings (SSSR count). The molecule has 1 aromatic heterocycles. The van der Waals surface area contributed by atoms with E-state index in [0.717, 1.165) is 11.4 Å². The van der Waals surface area contributed by atoms with Crippen LogP contribution in [-0.2, 0) is 11.3 Å². The third kappa shape index (κ3) is 1.67. The molecule has 0 saturated carbocycles. The van der Waals surface area contributed by atoms with Gasteiger partial charge in [0.1, 0.15) is 11.4 Å². The smallest absolute Gasteiger partial charge is 0.393 e. The largest absolute Gasteiger partial charge is 0.402 e. The van der Waals surface area contributed by atoms with Gasteiger partial charge in [0.25, 0.3) is 5.91 Å². The van der Waals surface area contributed by atoms with Gasteiger partial charge in [0.05, 0.1) is 13.2 Å². The fourth-order valence-corrected chi connectivity index (χ4v) is 3.16. The Morgan fingerprint density at radius 1 is 1.32 bits per heavy atom. The van der Waals surface area contributed by atoms with E-state index in [2.05, 4.69) is 4.99 Å². The molecule has 8 nitrogen and oxygen atoms in total. The summed E-state index contributed by atoms with van der Waals surface area (Å²) in [6.07, 6.45) is 0. The zero-order chi connectivity index (χ0) is 16.2. The van der Waals surface area contributed by atoms with Crippen molar-refractivity contribution in [2.24, 2.45) is 4.99 Å². The van der Waals surface area contributed by atoms with E-state index in [1.165, 1.54) is 9.80 Å². The predicted molar refractivity (Wildman–Crippen MR) is 77.9 cm³/mol. The average molecular weight is 306 g/mol. The summed E-state index contributed by atoms with van der Waals surface area (Å²) in [6.45, 7) is 6.36. The number of carbonyl (C=O) groups is 2. The fourth-order valence-electron chi connectivity index (χ4n) is 3.16. The highest BCUT2D eigenvalue weighted by Crippen LogP contribution is 2.34. The van der Waals surface area contributed by atoms with Gasteiger partial charge in [0.2, 0.25) is 11.9 Å². The van der Waals surface area contributed by atoms with E-state index in [9.17, 15) is 14.7 Å². The summed E-state index contributed by atoms with van der Waals surface area (Å²) in [4.78, 5) is 32.1. The van der Waals surface area contributed by atoms with Gasteiger partial charge < -0.3 is 5.11 Å². The Hall–Kier alpha value is -2.22. The number of amidine groups is 1. The maximum atomic E-state index is 12.7. The van der Waals surface area contributed by atoms with Crippen molar-refractivity contribution in [3.05, 3.63) is 11.4 Å². The predicted octanol–water partition coefficient (Wildman–Crippen LogP) is -0.117. The van der Waals surface area contributed by atoms with Crippen molar-refractivity contribution in [2.75, 3.05) is 20.2 Å². The second-order valence-corrected chi connectivity index (χ2v) is 5.51. The number of aliphatic imine (C=N–C) groups is 1. The summed E-state index contributed by atoms with van der Waals surface area (Å²) in [5.41, 5.74) is 1.88. The first-order valence-electron chi connectivity index (χ1n) is 7.33. The van der Waals surface area contributed by atoms with E-state index in [-0.39, 0.29) is 18.5 Å². The molecule has 1 unspecified atom stereocenters. The molecule has 1 N–H and O–H groups in total. The number of hydrogen-bond donors (Lipinski definition) is 1. The molecule has 0 spiro atoms. The van der Waals surface area contributed by atoms with E-state index in [0.29, 0.717) is 24.9 Å². The summed E-state index contributed by atoms with van der Waals surface area (Å²) in [6, 6.07) is -0.951. The number of imidazole rings is 1. The lowest BCUT2D eigenvalue weighted by Gasteiger charge is -2.32. The molecule has 3 heterocycles. The maximum absolute atomic E-state index is 12.7. The molecule has 0 bridgehead atoms. The van der Waals surface area contributed by atoms with Crippen molar-refractivity contribution in [2.45, 2.75) is 33.4 Å². The number of likely N-dealkylation sites (N-methyl/N-ethyl adjacent to an activating group) is 2. The Morgan fingerprint density at radius 2 is 2.00 bits per heavy atom. The fraction of sp³-hybridized carbons (Fsp3) is 0.571. The topological polar surface area (TPSA) is 82.0 Å². The summed E-state index contributed by atoms with van der Waals surface area (Å²) in [5.74, 6) is 0.803. The monoisotopic (exact) mass is 306 g/mol. The molecular weight excluding hydrogens is 286 g/mol. The first-order chi connectivity index (χ1) is 10.4. The highest BCUT2D eigenvalue weighted by Gasteiger charge is 2.53. The molecule has 2 aliphatic rings. The SMILES string of the molecule is CCN1C(=O)C2C(=Nc3n2c(C)c(C)[n+]3CCO)N(C)C1=O. The van der Waals surface area contributed by atoms with Crippen LogP contribution in [0.2, 0.25) is 0 Å². The maximum Gasteiger partial charge on any atom is 0.402 e. The Morgan fingerprint density at radius 3 is 2.59 bits per heavy atom. The number of aliphatic hydroxyl groups is 1. The number of hydrogen-bond acceptors (Lipinski definition) is 4. The first-order valence-corrected chi connectivity index (χ1v) is 7.33. The molecule has 0 radical (unpaired) electrons. The van der Waals surface area contributed by atoms with Crippen LogP contribution in [0.25, 0.3) is 0 Å². The van der Waals surface area contributed by atoms with E-state index < -0.39 is 6.04 Å². The minimum Gasteiger partial charge on any atom is -0.393 e. The van der Waals surface area contributed by atoms with E-state index in [1.807, 2.05) is 23.0 Å². The number of aromatic nitrogens is 2. The van der Waals surface area contributed by atoms with Crippen LogP contribution in [0.1, 0.15) is 24.4 Å². The Bertz CT molecular complexity index is 706. The number of nitrogens with zero attached hydrogens (tertiary/aromatic N) is 5. The van der Waals surface area contributed by atoms with Crippen molar-refractivity contribution < 1.29 is 19.3 Å². The average Bonchev–Trinajstić information content (AvgIpc) is 2.98. The summed E-state index contributed by atoms with van der Waals surface area (Å²) in [7, 11) is 1.63. The number of rotatable bonds is 3. The second kappa shape index (κ2) is 4.91. The van der Waals surface area contributed by atoms with Crippen LogP contribution in [0.5, 0.6) is 0 Å². The molecule has 1 fully saturated rings. The molecule has 1 atom stereocenters. The van der Waals surface area contributed by atoms with Gasteiger partial charge in [-0.3, -0.25) is 14.6 Å². The highest BCUT2D eigenvalue weighted by molar-refractivity contribution is 6.20. The number of fused-ring (bicyclic) bond motifs is 3. The van der Waals surface area contributed by atoms with Crippen molar-refractivity contribution >= 4 is 23.7 Å². The van der Waals surface area contributed by atoms with Gasteiger partial charge in [-0.1, -0.05) is 4.99 Å². The Labute approximate surface area is 128 Å². The van der Waals surface area contributed by atoms with Gasteiger partial charge in [0, 0.05) is 13.6 Å². The quantitative estimate of drug-likeness (QED) is 0.791. The molecule has 2 aliphatic heterocycles. The zero-order valence-corrected chi connectivity index (χ0v) is 13.2. The van der Waals surface area contributed by atoms with Crippen molar-refractivity contribution in [3.63, 3.8) is 0 Å². The number of aliphatic hydroxyl groups excluding tert-OH is 1. The molecule has 0 aromatic carbocycles. The van der Waals surface area contributed by atoms with Crippen LogP contribution in [0.3, 0.4) is 0 Å².